The predicted octanol–water partition coefficient (Wildman–Crippen LogP) is 0.111. The number of hydrogen-bond donors (Lipinski definition) is 3. The average Bonchev–Trinajstić information content (AvgIpc) is 2.79. The van der Waals surface area contributed by atoms with E-state index >= 15 is 0 Å². The number of rotatable bonds is 3. The Morgan fingerprint density at radius 2 is 1.96 bits per heavy atom. The number of amidine groups is 1. The monoisotopic (exact) mass is 336 g/mol. The zero-order valence-electron chi connectivity index (χ0n) is 12.7. The van der Waals surface area contributed by atoms with Gasteiger partial charge in [0, 0.05) is 17.6 Å². The fourth-order valence-electron chi connectivity index (χ4n) is 2.94. The molecule has 0 radical (unpaired) electrons. The van der Waals surface area contributed by atoms with Crippen molar-refractivity contribution in [1.82, 2.24) is 10.0 Å². The van der Waals surface area contributed by atoms with E-state index in [1.54, 1.807) is 18.2 Å². The van der Waals surface area contributed by atoms with Gasteiger partial charge >= 0.3 is 0 Å². The van der Waals surface area contributed by atoms with Crippen LogP contribution >= 0.6 is 0 Å². The van der Waals surface area contributed by atoms with Crippen LogP contribution in [0.25, 0.3) is 0 Å². The van der Waals surface area contributed by atoms with Gasteiger partial charge in [0.1, 0.15) is 12.4 Å². The number of amides is 1. The molecule has 1 aromatic rings. The van der Waals surface area contributed by atoms with Crippen molar-refractivity contribution in [3.63, 3.8) is 0 Å². The van der Waals surface area contributed by atoms with E-state index in [1.165, 1.54) is 6.07 Å². The minimum absolute atomic E-state index is 0.102. The van der Waals surface area contributed by atoms with Gasteiger partial charge in [0.05, 0.1) is 4.90 Å². The number of carbonyl (C=O) groups excluding carboxylic acids is 1. The lowest BCUT2D eigenvalue weighted by Gasteiger charge is -2.26. The van der Waals surface area contributed by atoms with Crippen molar-refractivity contribution in [2.24, 2.45) is 10.7 Å². The molecular weight excluding hydrogens is 316 g/mol. The van der Waals surface area contributed by atoms with Gasteiger partial charge in [0.15, 0.2) is 0 Å². The van der Waals surface area contributed by atoms with Crippen molar-refractivity contribution in [2.75, 3.05) is 6.54 Å². The normalized spacial score (nSPS) is 27.3. The maximum Gasteiger partial charge on any atom is 0.263 e. The Balaban J connectivity index is 1.64. The van der Waals surface area contributed by atoms with E-state index in [4.69, 9.17) is 5.73 Å². The molecule has 8 heteroatoms. The van der Waals surface area contributed by atoms with E-state index in [1.807, 2.05) is 0 Å². The molecule has 124 valence electrons. The lowest BCUT2D eigenvalue weighted by Crippen LogP contribution is -2.41. The summed E-state index contributed by atoms with van der Waals surface area (Å²) in [4.78, 5) is 16.3. The molecule has 1 saturated carbocycles. The van der Waals surface area contributed by atoms with E-state index in [0.29, 0.717) is 5.56 Å². The summed E-state index contributed by atoms with van der Waals surface area (Å²) < 4.78 is 26.3. The highest BCUT2D eigenvalue weighted by Gasteiger charge is 2.30. The van der Waals surface area contributed by atoms with Crippen LogP contribution in [0.1, 0.15) is 31.2 Å². The van der Waals surface area contributed by atoms with Gasteiger partial charge in [-0.2, -0.15) is 0 Å². The van der Waals surface area contributed by atoms with Crippen LogP contribution in [0.2, 0.25) is 0 Å². The molecule has 0 bridgehead atoms. The summed E-state index contributed by atoms with van der Waals surface area (Å²) in [5.41, 5.74) is 6.34. The molecule has 1 amide bonds. The van der Waals surface area contributed by atoms with Gasteiger partial charge in [0.2, 0.25) is 5.91 Å². The van der Waals surface area contributed by atoms with Crippen molar-refractivity contribution in [3.8, 4) is 0 Å². The summed E-state index contributed by atoms with van der Waals surface area (Å²) in [6.45, 7) is -0.102. The molecule has 0 atom stereocenters. The number of sulfonamides is 1. The number of nitrogens with zero attached hydrogens (tertiary/aromatic N) is 1. The van der Waals surface area contributed by atoms with Crippen molar-refractivity contribution >= 4 is 21.8 Å². The lowest BCUT2D eigenvalue weighted by atomic mass is 9.92. The standard InChI is InChI=1S/C15H20N4O3S/c16-10-5-7-11(8-6-10)18-14(20)9-17-15-12-3-1-2-4-13(12)23(21,22)19-15/h1-4,10-11H,5-9,16H2,(H,17,19)(H,18,20). The van der Waals surface area contributed by atoms with Gasteiger partial charge in [-0.15, -0.1) is 0 Å². The Hall–Kier alpha value is -1.93. The number of nitrogens with two attached hydrogens (primary N) is 1. The quantitative estimate of drug-likeness (QED) is 0.727. The Morgan fingerprint density at radius 1 is 1.26 bits per heavy atom. The maximum absolute atomic E-state index is 12.0. The molecule has 3 rings (SSSR count). The first kappa shape index (κ1) is 15.9. The van der Waals surface area contributed by atoms with E-state index in [-0.39, 0.29) is 35.3 Å². The zero-order chi connectivity index (χ0) is 16.4. The highest BCUT2D eigenvalue weighted by Crippen LogP contribution is 2.22. The molecule has 7 nitrogen and oxygen atoms in total. The Kier molecular flexibility index (Phi) is 4.36. The summed E-state index contributed by atoms with van der Waals surface area (Å²) in [5.74, 6) is 0.0166. The number of fused-ring (bicyclic) bond motifs is 1. The second-order valence-corrected chi connectivity index (χ2v) is 7.60. The molecule has 4 N–H and O–H groups in total. The molecule has 0 unspecified atom stereocenters. The van der Waals surface area contributed by atoms with E-state index < -0.39 is 10.0 Å². The summed E-state index contributed by atoms with van der Waals surface area (Å²) >= 11 is 0. The van der Waals surface area contributed by atoms with Gasteiger partial charge < -0.3 is 11.1 Å². The molecule has 0 aromatic heterocycles. The number of carbonyl (C=O) groups is 1. The summed E-state index contributed by atoms with van der Waals surface area (Å²) in [6, 6.07) is 6.95. The van der Waals surface area contributed by atoms with E-state index in [0.717, 1.165) is 25.7 Å². The number of benzene rings is 1. The number of aliphatic imine (C=N–C) groups is 1. The first-order valence-corrected chi connectivity index (χ1v) is 9.15. The third-order valence-corrected chi connectivity index (χ3v) is 5.58. The molecule has 1 aromatic carbocycles. The fourth-order valence-corrected chi connectivity index (χ4v) is 4.19. The Bertz CT molecular complexity index is 737. The molecule has 1 fully saturated rings. The van der Waals surface area contributed by atoms with Gasteiger partial charge in [-0.3, -0.25) is 14.5 Å². The first-order valence-electron chi connectivity index (χ1n) is 7.67. The summed E-state index contributed by atoms with van der Waals surface area (Å²) in [6.07, 6.45) is 3.57. The second-order valence-electron chi connectivity index (χ2n) is 5.95. The molecule has 1 aliphatic heterocycles. The van der Waals surface area contributed by atoms with Crippen LogP contribution in [0.3, 0.4) is 0 Å². The largest absolute Gasteiger partial charge is 0.352 e. The Labute approximate surface area is 135 Å². The zero-order valence-corrected chi connectivity index (χ0v) is 13.5. The Morgan fingerprint density at radius 3 is 2.70 bits per heavy atom. The van der Waals surface area contributed by atoms with Crippen LogP contribution in [0.5, 0.6) is 0 Å². The highest BCUT2D eigenvalue weighted by molar-refractivity contribution is 7.90. The van der Waals surface area contributed by atoms with Gasteiger partial charge in [-0.05, 0) is 37.8 Å². The molecule has 2 aliphatic rings. The van der Waals surface area contributed by atoms with Crippen LogP contribution in [-0.2, 0) is 14.8 Å². The smallest absolute Gasteiger partial charge is 0.263 e. The fraction of sp³-hybridized carbons (Fsp3) is 0.467. The molecular formula is C15H20N4O3S. The molecule has 23 heavy (non-hydrogen) atoms. The average molecular weight is 336 g/mol. The van der Waals surface area contributed by atoms with Crippen molar-refractivity contribution in [3.05, 3.63) is 29.8 Å². The van der Waals surface area contributed by atoms with Crippen molar-refractivity contribution in [1.29, 1.82) is 0 Å². The minimum Gasteiger partial charge on any atom is -0.352 e. The van der Waals surface area contributed by atoms with Gasteiger partial charge in [0.25, 0.3) is 10.0 Å². The summed E-state index contributed by atoms with van der Waals surface area (Å²) in [7, 11) is -3.56. The first-order chi connectivity index (χ1) is 11.0. The van der Waals surface area contributed by atoms with Crippen molar-refractivity contribution in [2.45, 2.75) is 42.7 Å². The maximum atomic E-state index is 12.0. The van der Waals surface area contributed by atoms with Crippen LogP contribution in [0.4, 0.5) is 0 Å². The lowest BCUT2D eigenvalue weighted by molar-refractivity contribution is -0.120. The van der Waals surface area contributed by atoms with Crippen LogP contribution < -0.4 is 15.8 Å². The number of hydrogen-bond acceptors (Lipinski definition) is 5. The van der Waals surface area contributed by atoms with Crippen LogP contribution in [-0.4, -0.2) is 38.8 Å². The van der Waals surface area contributed by atoms with Gasteiger partial charge in [-0.25, -0.2) is 8.42 Å². The third kappa shape index (κ3) is 3.53. The highest BCUT2D eigenvalue weighted by atomic mass is 32.2. The third-order valence-electron chi connectivity index (χ3n) is 4.18. The molecule has 1 heterocycles. The molecule has 0 saturated heterocycles. The summed E-state index contributed by atoms with van der Waals surface area (Å²) in [5, 5.41) is 2.93. The number of nitrogens with one attached hydrogen (secondary N) is 2. The minimum atomic E-state index is -3.56. The van der Waals surface area contributed by atoms with Crippen LogP contribution in [0, 0.1) is 0 Å². The van der Waals surface area contributed by atoms with Gasteiger partial charge in [-0.1, -0.05) is 12.1 Å². The second kappa shape index (κ2) is 6.29. The van der Waals surface area contributed by atoms with Crippen LogP contribution in [0.15, 0.2) is 34.2 Å². The predicted molar refractivity (Wildman–Crippen MR) is 86.5 cm³/mol. The topological polar surface area (TPSA) is 114 Å². The van der Waals surface area contributed by atoms with Crippen molar-refractivity contribution < 1.29 is 13.2 Å². The molecule has 0 spiro atoms. The molecule has 1 aliphatic carbocycles. The van der Waals surface area contributed by atoms with E-state index in [9.17, 15) is 13.2 Å². The van der Waals surface area contributed by atoms with E-state index in [2.05, 4.69) is 15.0 Å². The SMILES string of the molecule is NC1CCC(NC(=O)CN=C2NS(=O)(=O)c3ccccc32)CC1.